The number of benzene rings is 2. The van der Waals surface area contributed by atoms with Crippen LogP contribution in [0.5, 0.6) is 0 Å². The molecule has 0 aromatic heterocycles. The maximum absolute atomic E-state index is 14.0. The summed E-state index contributed by atoms with van der Waals surface area (Å²) in [6, 6.07) is 11.3. The maximum atomic E-state index is 14.0. The first-order valence-corrected chi connectivity index (χ1v) is 9.07. The Bertz CT molecular complexity index is 746. The standard InChI is InChI=1S/C19H22BrFN2S/c1-11(2)18(15-7-5-12(3)9-13(15)4)23-19(24)22-17-8-6-14(20)10-16(17)21/h5-11,18H,1-4H3,(H2,22,23,24). The molecule has 2 N–H and O–H groups in total. The van der Waals surface area contributed by atoms with Crippen molar-refractivity contribution in [2.24, 2.45) is 5.92 Å². The van der Waals surface area contributed by atoms with Crippen LogP contribution in [0.4, 0.5) is 10.1 Å². The van der Waals surface area contributed by atoms with E-state index in [1.807, 2.05) is 0 Å². The van der Waals surface area contributed by atoms with Crippen molar-refractivity contribution in [3.63, 3.8) is 0 Å². The van der Waals surface area contributed by atoms with E-state index in [0.29, 0.717) is 21.2 Å². The Morgan fingerprint density at radius 3 is 2.42 bits per heavy atom. The molecule has 0 aliphatic carbocycles. The average molecular weight is 409 g/mol. The Labute approximate surface area is 157 Å². The highest BCUT2D eigenvalue weighted by atomic mass is 79.9. The monoisotopic (exact) mass is 408 g/mol. The number of halogens is 2. The second-order valence-corrected chi connectivity index (χ2v) is 7.63. The largest absolute Gasteiger partial charge is 0.355 e. The number of thiocarbonyl (C=S) groups is 1. The molecule has 1 atom stereocenters. The average Bonchev–Trinajstić information content (AvgIpc) is 2.48. The molecule has 0 radical (unpaired) electrons. The molecule has 0 saturated heterocycles. The van der Waals surface area contributed by atoms with E-state index in [0.717, 1.165) is 0 Å². The molecular formula is C19H22BrFN2S. The van der Waals surface area contributed by atoms with Crippen LogP contribution < -0.4 is 10.6 Å². The van der Waals surface area contributed by atoms with Gasteiger partial charge in [0.2, 0.25) is 0 Å². The van der Waals surface area contributed by atoms with E-state index < -0.39 is 0 Å². The Morgan fingerprint density at radius 2 is 1.83 bits per heavy atom. The summed E-state index contributed by atoms with van der Waals surface area (Å²) in [5.74, 6) is -0.0120. The van der Waals surface area contributed by atoms with E-state index in [2.05, 4.69) is 72.5 Å². The first-order chi connectivity index (χ1) is 11.3. The highest BCUT2D eigenvalue weighted by Gasteiger charge is 2.19. The molecule has 2 aromatic carbocycles. The fourth-order valence-electron chi connectivity index (χ4n) is 2.67. The molecular weight excluding hydrogens is 387 g/mol. The van der Waals surface area contributed by atoms with Crippen molar-refractivity contribution in [1.82, 2.24) is 5.32 Å². The normalized spacial score (nSPS) is 12.1. The van der Waals surface area contributed by atoms with Gasteiger partial charge in [0.05, 0.1) is 11.7 Å². The Morgan fingerprint density at radius 1 is 1.12 bits per heavy atom. The van der Waals surface area contributed by atoms with E-state index in [9.17, 15) is 4.39 Å². The molecule has 0 fully saturated rings. The summed E-state index contributed by atoms with van der Waals surface area (Å²) in [5.41, 5.74) is 4.02. The van der Waals surface area contributed by atoms with Gasteiger partial charge in [-0.25, -0.2) is 4.39 Å². The van der Waals surface area contributed by atoms with Crippen LogP contribution >= 0.6 is 28.1 Å². The molecule has 2 nitrogen and oxygen atoms in total. The highest BCUT2D eigenvalue weighted by molar-refractivity contribution is 9.10. The summed E-state index contributed by atoms with van der Waals surface area (Å²) in [4.78, 5) is 0. The van der Waals surface area contributed by atoms with Crippen molar-refractivity contribution in [1.29, 1.82) is 0 Å². The molecule has 5 heteroatoms. The molecule has 2 rings (SSSR count). The van der Waals surface area contributed by atoms with Crippen LogP contribution in [0.2, 0.25) is 0 Å². The summed E-state index contributed by atoms with van der Waals surface area (Å²) < 4.78 is 14.7. The molecule has 0 aliphatic heterocycles. The van der Waals surface area contributed by atoms with Gasteiger partial charge in [-0.15, -0.1) is 0 Å². The molecule has 0 saturated carbocycles. The van der Waals surface area contributed by atoms with Gasteiger partial charge in [0.15, 0.2) is 5.11 Å². The van der Waals surface area contributed by atoms with E-state index >= 15 is 0 Å². The number of aryl methyl sites for hydroxylation is 2. The third-order valence-corrected chi connectivity index (χ3v) is 4.61. The van der Waals surface area contributed by atoms with Crippen LogP contribution in [-0.4, -0.2) is 5.11 Å². The van der Waals surface area contributed by atoms with Crippen LogP contribution in [0.15, 0.2) is 40.9 Å². The topological polar surface area (TPSA) is 24.1 Å². The molecule has 0 aliphatic rings. The zero-order valence-electron chi connectivity index (χ0n) is 14.3. The highest BCUT2D eigenvalue weighted by Crippen LogP contribution is 2.26. The SMILES string of the molecule is Cc1ccc(C(NC(=S)Nc2ccc(Br)cc2F)C(C)C)c(C)c1. The Kier molecular flexibility index (Phi) is 6.35. The minimum Gasteiger partial charge on any atom is -0.355 e. The number of hydrogen-bond donors (Lipinski definition) is 2. The van der Waals surface area contributed by atoms with E-state index in [1.165, 1.54) is 22.8 Å². The Hall–Kier alpha value is -1.46. The van der Waals surface area contributed by atoms with Crippen molar-refractivity contribution in [2.75, 3.05) is 5.32 Å². The molecule has 0 heterocycles. The number of rotatable bonds is 4. The van der Waals surface area contributed by atoms with Crippen LogP contribution in [-0.2, 0) is 0 Å². The molecule has 2 aromatic rings. The van der Waals surface area contributed by atoms with Gasteiger partial charge in [0, 0.05) is 4.47 Å². The number of nitrogens with one attached hydrogen (secondary N) is 2. The van der Waals surface area contributed by atoms with Crippen molar-refractivity contribution in [2.45, 2.75) is 33.7 Å². The second kappa shape index (κ2) is 8.08. The zero-order valence-corrected chi connectivity index (χ0v) is 16.7. The van der Waals surface area contributed by atoms with E-state index in [4.69, 9.17) is 12.2 Å². The predicted molar refractivity (Wildman–Crippen MR) is 107 cm³/mol. The van der Waals surface area contributed by atoms with Crippen LogP contribution in [0.25, 0.3) is 0 Å². The lowest BCUT2D eigenvalue weighted by Crippen LogP contribution is -2.35. The van der Waals surface area contributed by atoms with Gasteiger partial charge in [0.1, 0.15) is 5.82 Å². The lowest BCUT2D eigenvalue weighted by Gasteiger charge is -2.26. The second-order valence-electron chi connectivity index (χ2n) is 6.30. The fraction of sp³-hybridized carbons (Fsp3) is 0.316. The van der Waals surface area contributed by atoms with Gasteiger partial charge in [0.25, 0.3) is 0 Å². The van der Waals surface area contributed by atoms with Crippen LogP contribution in [0.3, 0.4) is 0 Å². The van der Waals surface area contributed by atoms with E-state index in [1.54, 1.807) is 12.1 Å². The first-order valence-electron chi connectivity index (χ1n) is 7.87. The third kappa shape index (κ3) is 4.77. The van der Waals surface area contributed by atoms with Crippen molar-refractivity contribution >= 4 is 38.9 Å². The van der Waals surface area contributed by atoms with Crippen LogP contribution in [0.1, 0.15) is 36.6 Å². The molecule has 0 bridgehead atoms. The lowest BCUT2D eigenvalue weighted by molar-refractivity contribution is 0.471. The number of hydrogen-bond acceptors (Lipinski definition) is 1. The van der Waals surface area contributed by atoms with Gasteiger partial charge >= 0.3 is 0 Å². The number of anilines is 1. The zero-order chi connectivity index (χ0) is 17.9. The van der Waals surface area contributed by atoms with Gasteiger partial charge in [-0.2, -0.15) is 0 Å². The van der Waals surface area contributed by atoms with Crippen molar-refractivity contribution < 1.29 is 4.39 Å². The molecule has 128 valence electrons. The van der Waals surface area contributed by atoms with Gasteiger partial charge in [-0.1, -0.05) is 53.5 Å². The van der Waals surface area contributed by atoms with Crippen molar-refractivity contribution in [3.8, 4) is 0 Å². The first kappa shape index (κ1) is 18.9. The fourth-order valence-corrected chi connectivity index (χ4v) is 3.24. The smallest absolute Gasteiger partial charge is 0.171 e. The minimum absolute atomic E-state index is 0.0594. The van der Waals surface area contributed by atoms with Gasteiger partial charge in [-0.3, -0.25) is 0 Å². The molecule has 0 spiro atoms. The summed E-state index contributed by atoms with van der Waals surface area (Å²) in [6.07, 6.45) is 0. The summed E-state index contributed by atoms with van der Waals surface area (Å²) in [5, 5.41) is 6.69. The molecule has 1 unspecified atom stereocenters. The van der Waals surface area contributed by atoms with Gasteiger partial charge < -0.3 is 10.6 Å². The summed E-state index contributed by atoms with van der Waals surface area (Å²) in [7, 11) is 0. The lowest BCUT2D eigenvalue weighted by atomic mass is 9.92. The van der Waals surface area contributed by atoms with Crippen molar-refractivity contribution in [3.05, 3.63) is 63.4 Å². The Balaban J connectivity index is 2.17. The summed E-state index contributed by atoms with van der Waals surface area (Å²) in [6.45, 7) is 8.46. The van der Waals surface area contributed by atoms with E-state index in [-0.39, 0.29) is 11.9 Å². The van der Waals surface area contributed by atoms with Gasteiger partial charge in [-0.05, 0) is 61.3 Å². The maximum Gasteiger partial charge on any atom is 0.171 e. The quantitative estimate of drug-likeness (QED) is 0.616. The minimum atomic E-state index is -0.346. The molecule has 0 amide bonds. The third-order valence-electron chi connectivity index (χ3n) is 3.89. The summed E-state index contributed by atoms with van der Waals surface area (Å²) >= 11 is 8.64. The predicted octanol–water partition coefficient (Wildman–Crippen LogP) is 5.89. The molecule has 24 heavy (non-hydrogen) atoms. The van der Waals surface area contributed by atoms with Crippen LogP contribution in [0, 0.1) is 25.6 Å².